The Morgan fingerprint density at radius 2 is 1.70 bits per heavy atom. The molecule has 1 fully saturated rings. The first kappa shape index (κ1) is 18.2. The van der Waals surface area contributed by atoms with Crippen LogP contribution in [0.3, 0.4) is 0 Å². The monoisotopic (exact) mass is 384 g/mol. The number of carbonyl (C=O) groups is 1. The molecule has 0 atom stereocenters. The maximum Gasteiger partial charge on any atom is 0.240 e. The zero-order valence-electron chi connectivity index (χ0n) is 15.4. The van der Waals surface area contributed by atoms with Crippen molar-refractivity contribution in [3.8, 4) is 0 Å². The number of aryl methyl sites for hydroxylation is 1. The summed E-state index contributed by atoms with van der Waals surface area (Å²) >= 11 is 0. The fourth-order valence-electron chi connectivity index (χ4n) is 4.37. The zero-order valence-corrected chi connectivity index (χ0v) is 16.3. The van der Waals surface area contributed by atoms with E-state index < -0.39 is 15.4 Å². The highest BCUT2D eigenvalue weighted by Gasteiger charge is 2.51. The summed E-state index contributed by atoms with van der Waals surface area (Å²) in [5.41, 5.74) is 2.65. The largest absolute Gasteiger partial charge is 0.310 e. The van der Waals surface area contributed by atoms with Crippen molar-refractivity contribution >= 4 is 21.6 Å². The molecule has 0 aromatic heterocycles. The summed E-state index contributed by atoms with van der Waals surface area (Å²) in [6, 6.07) is 14.7. The number of benzene rings is 2. The molecule has 1 saturated carbocycles. The second kappa shape index (κ2) is 6.77. The van der Waals surface area contributed by atoms with Gasteiger partial charge in [0.2, 0.25) is 15.9 Å². The number of sulfonamides is 1. The van der Waals surface area contributed by atoms with E-state index in [1.165, 1.54) is 0 Å². The van der Waals surface area contributed by atoms with Gasteiger partial charge in [-0.25, -0.2) is 13.1 Å². The van der Waals surface area contributed by atoms with Crippen LogP contribution in [0.2, 0.25) is 0 Å². The molecule has 4 rings (SSSR count). The molecule has 0 saturated heterocycles. The molecule has 5 nitrogen and oxygen atoms in total. The van der Waals surface area contributed by atoms with E-state index in [-0.39, 0.29) is 17.3 Å². The summed E-state index contributed by atoms with van der Waals surface area (Å²) < 4.78 is 27.6. The van der Waals surface area contributed by atoms with E-state index in [0.717, 1.165) is 42.5 Å². The highest BCUT2D eigenvalue weighted by Crippen LogP contribution is 2.50. The van der Waals surface area contributed by atoms with Crippen LogP contribution in [0.1, 0.15) is 36.8 Å². The van der Waals surface area contributed by atoms with Crippen molar-refractivity contribution in [2.24, 2.45) is 0 Å². The second-order valence-electron chi connectivity index (χ2n) is 7.47. The number of hydrogen-bond donors (Lipinski definition) is 1. The van der Waals surface area contributed by atoms with Crippen molar-refractivity contribution in [1.82, 2.24) is 4.72 Å². The quantitative estimate of drug-likeness (QED) is 0.861. The highest BCUT2D eigenvalue weighted by molar-refractivity contribution is 7.89. The number of amides is 1. The number of rotatable bonds is 5. The van der Waals surface area contributed by atoms with Gasteiger partial charge in [0.25, 0.3) is 0 Å². The van der Waals surface area contributed by atoms with Crippen molar-refractivity contribution in [2.75, 3.05) is 18.0 Å². The molecule has 1 aliphatic carbocycles. The minimum absolute atomic E-state index is 0.121. The van der Waals surface area contributed by atoms with Crippen LogP contribution in [0.15, 0.2) is 53.4 Å². The lowest BCUT2D eigenvalue weighted by atomic mass is 9.80. The summed E-state index contributed by atoms with van der Waals surface area (Å²) in [4.78, 5) is 15.2. The van der Waals surface area contributed by atoms with Crippen LogP contribution in [0.4, 0.5) is 5.69 Å². The maximum atomic E-state index is 13.2. The topological polar surface area (TPSA) is 66.5 Å². The van der Waals surface area contributed by atoms with Crippen LogP contribution in [-0.4, -0.2) is 27.4 Å². The lowest BCUT2D eigenvalue weighted by Crippen LogP contribution is -2.42. The van der Waals surface area contributed by atoms with Gasteiger partial charge in [0.15, 0.2) is 0 Å². The van der Waals surface area contributed by atoms with Crippen LogP contribution < -0.4 is 9.62 Å². The Morgan fingerprint density at radius 1 is 1.04 bits per heavy atom. The van der Waals surface area contributed by atoms with Crippen LogP contribution in [0, 0.1) is 6.92 Å². The normalized spacial score (nSPS) is 18.3. The first-order chi connectivity index (χ1) is 12.9. The van der Waals surface area contributed by atoms with Crippen LogP contribution in [0.25, 0.3) is 0 Å². The molecule has 6 heteroatoms. The lowest BCUT2D eigenvalue weighted by molar-refractivity contribution is -0.123. The van der Waals surface area contributed by atoms with Gasteiger partial charge in [0, 0.05) is 18.8 Å². The van der Waals surface area contributed by atoms with Gasteiger partial charge in [0.1, 0.15) is 0 Å². The van der Waals surface area contributed by atoms with E-state index in [2.05, 4.69) is 10.8 Å². The number of carbonyl (C=O) groups excluding carboxylic acids is 1. The molecule has 1 aliphatic heterocycles. The van der Waals surface area contributed by atoms with Crippen molar-refractivity contribution in [3.63, 3.8) is 0 Å². The van der Waals surface area contributed by atoms with Crippen molar-refractivity contribution in [1.29, 1.82) is 0 Å². The number of para-hydroxylation sites is 1. The first-order valence-electron chi connectivity index (χ1n) is 9.42. The number of fused-ring (bicyclic) bond motifs is 2. The molecule has 1 spiro atoms. The predicted octanol–water partition coefficient (Wildman–Crippen LogP) is 3.13. The average molecular weight is 385 g/mol. The van der Waals surface area contributed by atoms with E-state index in [4.69, 9.17) is 0 Å². The van der Waals surface area contributed by atoms with Gasteiger partial charge in [-0.1, -0.05) is 48.7 Å². The zero-order chi connectivity index (χ0) is 19.1. The molecular formula is C21H24N2O3S. The molecule has 2 aliphatic rings. The van der Waals surface area contributed by atoms with E-state index in [0.29, 0.717) is 6.54 Å². The second-order valence-corrected chi connectivity index (χ2v) is 9.24. The number of nitrogens with one attached hydrogen (secondary N) is 1. The molecule has 0 radical (unpaired) electrons. The van der Waals surface area contributed by atoms with E-state index in [9.17, 15) is 13.2 Å². The van der Waals surface area contributed by atoms with Crippen molar-refractivity contribution in [2.45, 2.75) is 42.9 Å². The molecule has 0 unspecified atom stereocenters. The van der Waals surface area contributed by atoms with Gasteiger partial charge >= 0.3 is 0 Å². The maximum absolute atomic E-state index is 13.2. The summed E-state index contributed by atoms with van der Waals surface area (Å²) in [7, 11) is -3.58. The van der Waals surface area contributed by atoms with Gasteiger partial charge in [-0.15, -0.1) is 0 Å². The summed E-state index contributed by atoms with van der Waals surface area (Å²) in [6.45, 7) is 2.44. The highest BCUT2D eigenvalue weighted by atomic mass is 32.2. The molecule has 2 aromatic carbocycles. The summed E-state index contributed by atoms with van der Waals surface area (Å²) in [5.74, 6) is 0.121. The van der Waals surface area contributed by atoms with E-state index in [1.54, 1.807) is 29.2 Å². The van der Waals surface area contributed by atoms with Crippen LogP contribution >= 0.6 is 0 Å². The fraction of sp³-hybridized carbons (Fsp3) is 0.381. The van der Waals surface area contributed by atoms with Gasteiger partial charge in [0.05, 0.1) is 10.3 Å². The Hall–Kier alpha value is -2.18. The molecule has 2 aromatic rings. The van der Waals surface area contributed by atoms with Gasteiger partial charge < -0.3 is 4.90 Å². The third-order valence-electron chi connectivity index (χ3n) is 5.78. The molecular weight excluding hydrogens is 360 g/mol. The third-order valence-corrected chi connectivity index (χ3v) is 7.26. The Morgan fingerprint density at radius 3 is 2.41 bits per heavy atom. The average Bonchev–Trinajstić information content (AvgIpc) is 3.23. The molecule has 1 amide bonds. The molecule has 142 valence electrons. The van der Waals surface area contributed by atoms with E-state index in [1.807, 2.05) is 25.1 Å². The molecule has 1 N–H and O–H groups in total. The lowest BCUT2D eigenvalue weighted by Gasteiger charge is -2.23. The Balaban J connectivity index is 1.50. The van der Waals surface area contributed by atoms with Crippen LogP contribution in [0.5, 0.6) is 0 Å². The smallest absolute Gasteiger partial charge is 0.240 e. The standard InChI is InChI=1S/C21H24N2O3S/c1-16-8-10-17(11-9-16)27(25,26)22-14-15-23-19-7-3-2-6-18(19)21(20(23)24)12-4-5-13-21/h2-3,6-11,22H,4-5,12-15H2,1H3. The number of anilines is 1. The van der Waals surface area contributed by atoms with E-state index >= 15 is 0 Å². The summed E-state index contributed by atoms with van der Waals surface area (Å²) in [5, 5.41) is 0. The summed E-state index contributed by atoms with van der Waals surface area (Å²) in [6.07, 6.45) is 3.89. The molecule has 1 heterocycles. The number of hydrogen-bond acceptors (Lipinski definition) is 3. The Bertz CT molecular complexity index is 961. The van der Waals surface area contributed by atoms with Crippen molar-refractivity contribution in [3.05, 3.63) is 59.7 Å². The van der Waals surface area contributed by atoms with Crippen LogP contribution in [-0.2, 0) is 20.2 Å². The third kappa shape index (κ3) is 3.07. The Labute approximate surface area is 160 Å². The Kier molecular flexibility index (Phi) is 4.56. The van der Waals surface area contributed by atoms with Crippen molar-refractivity contribution < 1.29 is 13.2 Å². The van der Waals surface area contributed by atoms with Gasteiger partial charge in [-0.2, -0.15) is 0 Å². The predicted molar refractivity (Wildman–Crippen MR) is 105 cm³/mol. The molecule has 0 bridgehead atoms. The fourth-order valence-corrected chi connectivity index (χ4v) is 5.39. The first-order valence-corrected chi connectivity index (χ1v) is 10.9. The number of nitrogens with zero attached hydrogens (tertiary/aromatic N) is 1. The minimum Gasteiger partial charge on any atom is -0.310 e. The van der Waals surface area contributed by atoms with Gasteiger partial charge in [-0.05, 0) is 43.5 Å². The molecule has 27 heavy (non-hydrogen) atoms. The SMILES string of the molecule is Cc1ccc(S(=O)(=O)NCCN2C(=O)C3(CCCC3)c3ccccc32)cc1. The minimum atomic E-state index is -3.58. The van der Waals surface area contributed by atoms with Gasteiger partial charge in [-0.3, -0.25) is 4.79 Å².